The summed E-state index contributed by atoms with van der Waals surface area (Å²) < 4.78 is 0. The third-order valence-corrected chi connectivity index (χ3v) is 4.02. The normalized spacial score (nSPS) is 13.9. The van der Waals surface area contributed by atoms with Crippen LogP contribution >= 0.6 is 11.8 Å². The summed E-state index contributed by atoms with van der Waals surface area (Å²) in [4.78, 5) is 8.88. The van der Waals surface area contributed by atoms with Gasteiger partial charge in [0.15, 0.2) is 0 Å². The number of nitrogens with zero attached hydrogens (tertiary/aromatic N) is 4. The van der Waals surface area contributed by atoms with Crippen molar-refractivity contribution in [2.24, 2.45) is 0 Å². The number of pyridine rings is 1. The van der Waals surface area contributed by atoms with E-state index in [1.807, 2.05) is 13.0 Å². The predicted molar refractivity (Wildman–Crippen MR) is 70.8 cm³/mol. The van der Waals surface area contributed by atoms with E-state index < -0.39 is 0 Å². The molecule has 0 saturated heterocycles. The van der Waals surface area contributed by atoms with Gasteiger partial charge in [0.1, 0.15) is 16.9 Å². The highest BCUT2D eigenvalue weighted by atomic mass is 32.2. The van der Waals surface area contributed by atoms with Gasteiger partial charge in [-0.25, -0.2) is 9.97 Å². The van der Waals surface area contributed by atoms with E-state index in [1.54, 1.807) is 0 Å². The van der Waals surface area contributed by atoms with Crippen LogP contribution in [0.2, 0.25) is 0 Å². The van der Waals surface area contributed by atoms with Crippen molar-refractivity contribution in [3.63, 3.8) is 0 Å². The van der Waals surface area contributed by atoms with E-state index in [-0.39, 0.29) is 0 Å². The minimum absolute atomic E-state index is 0.609. The molecule has 19 heavy (non-hydrogen) atoms. The first kappa shape index (κ1) is 12.2. The van der Waals surface area contributed by atoms with Gasteiger partial charge in [-0.2, -0.15) is 5.26 Å². The molecule has 3 rings (SSSR count). The Balaban J connectivity index is 1.98. The molecular weight excluding hydrogens is 258 g/mol. The minimum atomic E-state index is 0.609. The third kappa shape index (κ3) is 2.47. The van der Waals surface area contributed by atoms with Gasteiger partial charge in [0.2, 0.25) is 5.16 Å². The number of nitrogens with one attached hydrogen (secondary N) is 1. The summed E-state index contributed by atoms with van der Waals surface area (Å²) in [5.74, 6) is 0.763. The van der Waals surface area contributed by atoms with Gasteiger partial charge in [-0.05, 0) is 56.0 Å². The number of rotatable bonds is 2. The van der Waals surface area contributed by atoms with Crippen LogP contribution in [0.1, 0.15) is 35.5 Å². The number of aromatic amines is 1. The molecule has 0 aromatic carbocycles. The minimum Gasteiger partial charge on any atom is -0.262 e. The molecule has 0 radical (unpaired) electrons. The highest BCUT2D eigenvalue weighted by Gasteiger charge is 2.16. The summed E-state index contributed by atoms with van der Waals surface area (Å²) in [6, 6.07) is 4.20. The maximum absolute atomic E-state index is 9.25. The molecule has 0 saturated carbocycles. The monoisotopic (exact) mass is 271 g/mol. The lowest BCUT2D eigenvalue weighted by Crippen LogP contribution is -2.07. The van der Waals surface area contributed by atoms with Crippen molar-refractivity contribution in [1.82, 2.24) is 20.2 Å². The Kier molecular flexibility index (Phi) is 3.22. The average Bonchev–Trinajstić information content (AvgIpc) is 2.83. The standard InChI is InChI=1S/C13H13N5S/c1-8-15-13(18-17-8)19-12-10(7-14)6-9-4-2-3-5-11(9)16-12/h6H,2-5H2,1H3,(H,15,17,18). The Morgan fingerprint density at radius 3 is 2.89 bits per heavy atom. The topological polar surface area (TPSA) is 78.2 Å². The second kappa shape index (κ2) is 5.02. The number of aryl methyl sites for hydroxylation is 3. The van der Waals surface area contributed by atoms with Crippen LogP contribution in [0.5, 0.6) is 0 Å². The summed E-state index contributed by atoms with van der Waals surface area (Å²) in [6.45, 7) is 1.85. The van der Waals surface area contributed by atoms with Crippen LogP contribution in [0, 0.1) is 18.3 Å². The molecular formula is C13H13N5S. The Bertz CT molecular complexity index is 656. The van der Waals surface area contributed by atoms with Crippen molar-refractivity contribution in [2.75, 3.05) is 0 Å². The molecule has 2 aromatic heterocycles. The molecule has 0 spiro atoms. The van der Waals surface area contributed by atoms with Crippen molar-refractivity contribution in [3.8, 4) is 6.07 Å². The maximum Gasteiger partial charge on any atom is 0.214 e. The highest BCUT2D eigenvalue weighted by Crippen LogP contribution is 2.30. The molecule has 0 aliphatic heterocycles. The van der Waals surface area contributed by atoms with Crippen LogP contribution < -0.4 is 0 Å². The lowest BCUT2D eigenvalue weighted by molar-refractivity contribution is 0.660. The molecule has 6 heteroatoms. The molecule has 1 aliphatic carbocycles. The fraction of sp³-hybridized carbons (Fsp3) is 0.385. The third-order valence-electron chi connectivity index (χ3n) is 3.15. The van der Waals surface area contributed by atoms with E-state index in [1.165, 1.54) is 30.2 Å². The largest absolute Gasteiger partial charge is 0.262 e. The molecule has 0 atom stereocenters. The van der Waals surface area contributed by atoms with E-state index in [2.05, 4.69) is 26.2 Å². The van der Waals surface area contributed by atoms with Gasteiger partial charge >= 0.3 is 0 Å². The van der Waals surface area contributed by atoms with Crippen LogP contribution in [0.3, 0.4) is 0 Å². The maximum atomic E-state index is 9.25. The SMILES string of the molecule is Cc1nc(Sc2nc3c(cc2C#N)CCCC3)n[nH]1. The van der Waals surface area contributed by atoms with Gasteiger partial charge in [-0.15, -0.1) is 5.10 Å². The summed E-state index contributed by atoms with van der Waals surface area (Å²) >= 11 is 1.35. The molecule has 2 heterocycles. The molecule has 2 aromatic rings. The van der Waals surface area contributed by atoms with Crippen LogP contribution in [0.15, 0.2) is 16.2 Å². The molecule has 1 N–H and O–H groups in total. The van der Waals surface area contributed by atoms with Crippen molar-refractivity contribution >= 4 is 11.8 Å². The number of hydrogen-bond donors (Lipinski definition) is 1. The van der Waals surface area contributed by atoms with Gasteiger partial charge in [-0.1, -0.05) is 0 Å². The first-order chi connectivity index (χ1) is 9.26. The van der Waals surface area contributed by atoms with Crippen LogP contribution in [-0.2, 0) is 12.8 Å². The lowest BCUT2D eigenvalue weighted by Gasteiger charge is -2.15. The van der Waals surface area contributed by atoms with Crippen LogP contribution in [-0.4, -0.2) is 20.2 Å². The fourth-order valence-electron chi connectivity index (χ4n) is 2.23. The fourth-order valence-corrected chi connectivity index (χ4v) is 3.04. The number of nitriles is 1. The van der Waals surface area contributed by atoms with E-state index in [4.69, 9.17) is 0 Å². The van der Waals surface area contributed by atoms with Crippen LogP contribution in [0.4, 0.5) is 0 Å². The zero-order valence-electron chi connectivity index (χ0n) is 10.6. The van der Waals surface area contributed by atoms with Gasteiger partial charge in [0.05, 0.1) is 5.56 Å². The highest BCUT2D eigenvalue weighted by molar-refractivity contribution is 7.99. The van der Waals surface area contributed by atoms with Crippen molar-refractivity contribution in [3.05, 3.63) is 28.7 Å². The Morgan fingerprint density at radius 2 is 2.16 bits per heavy atom. The van der Waals surface area contributed by atoms with E-state index in [0.717, 1.165) is 24.4 Å². The molecule has 0 amide bonds. The van der Waals surface area contributed by atoms with Crippen molar-refractivity contribution in [2.45, 2.75) is 42.8 Å². The van der Waals surface area contributed by atoms with Crippen molar-refractivity contribution in [1.29, 1.82) is 5.26 Å². The van der Waals surface area contributed by atoms with E-state index in [9.17, 15) is 5.26 Å². The second-order valence-electron chi connectivity index (χ2n) is 4.57. The van der Waals surface area contributed by atoms with Gasteiger partial charge in [0, 0.05) is 5.69 Å². The Morgan fingerprint density at radius 1 is 1.32 bits per heavy atom. The molecule has 0 unspecified atom stereocenters. The molecule has 96 valence electrons. The Labute approximate surface area is 115 Å². The first-order valence-electron chi connectivity index (χ1n) is 6.26. The zero-order valence-corrected chi connectivity index (χ0v) is 11.4. The summed E-state index contributed by atoms with van der Waals surface area (Å²) in [5.41, 5.74) is 2.96. The van der Waals surface area contributed by atoms with Gasteiger partial charge in [0.25, 0.3) is 0 Å². The number of hydrogen-bond acceptors (Lipinski definition) is 5. The smallest absolute Gasteiger partial charge is 0.214 e. The Hall–Kier alpha value is -1.87. The number of aromatic nitrogens is 4. The summed E-state index contributed by atoms with van der Waals surface area (Å²) in [5, 5.41) is 17.4. The average molecular weight is 271 g/mol. The second-order valence-corrected chi connectivity index (χ2v) is 5.53. The lowest BCUT2D eigenvalue weighted by atomic mass is 9.95. The summed E-state index contributed by atoms with van der Waals surface area (Å²) in [7, 11) is 0. The van der Waals surface area contributed by atoms with Crippen LogP contribution in [0.25, 0.3) is 0 Å². The van der Waals surface area contributed by atoms with Crippen molar-refractivity contribution < 1.29 is 0 Å². The predicted octanol–water partition coefficient (Wildman–Crippen LogP) is 2.41. The quantitative estimate of drug-likeness (QED) is 0.907. The molecule has 1 aliphatic rings. The molecule has 0 bridgehead atoms. The zero-order chi connectivity index (χ0) is 13.2. The molecule has 0 fully saturated rings. The number of H-pyrrole nitrogens is 1. The van der Waals surface area contributed by atoms with E-state index >= 15 is 0 Å². The van der Waals surface area contributed by atoms with Gasteiger partial charge < -0.3 is 0 Å². The molecule has 5 nitrogen and oxygen atoms in total. The van der Waals surface area contributed by atoms with E-state index in [0.29, 0.717) is 15.7 Å². The van der Waals surface area contributed by atoms with Gasteiger partial charge in [-0.3, -0.25) is 5.10 Å². The first-order valence-corrected chi connectivity index (χ1v) is 7.07. The summed E-state index contributed by atoms with van der Waals surface area (Å²) in [6.07, 6.45) is 4.39. The number of fused-ring (bicyclic) bond motifs is 1.